The molecule has 3 aromatic rings. The SMILES string of the molecule is C[C@H](Cc1ccco1)NCc1cccc2cccnc12. The number of pyridine rings is 1. The first kappa shape index (κ1) is 12.9. The molecule has 0 fully saturated rings. The molecule has 3 heteroatoms. The second-order valence-corrected chi connectivity index (χ2v) is 5.06. The number of hydrogen-bond donors (Lipinski definition) is 1. The van der Waals surface area contributed by atoms with Gasteiger partial charge in [0.15, 0.2) is 0 Å². The van der Waals surface area contributed by atoms with Gasteiger partial charge in [-0.3, -0.25) is 4.98 Å². The highest BCUT2D eigenvalue weighted by Gasteiger charge is 2.07. The number of aromatic nitrogens is 1. The number of para-hydroxylation sites is 1. The molecule has 20 heavy (non-hydrogen) atoms. The quantitative estimate of drug-likeness (QED) is 0.767. The Kier molecular flexibility index (Phi) is 3.79. The summed E-state index contributed by atoms with van der Waals surface area (Å²) in [6.45, 7) is 2.98. The lowest BCUT2D eigenvalue weighted by Gasteiger charge is -2.13. The summed E-state index contributed by atoms with van der Waals surface area (Å²) in [4.78, 5) is 4.48. The van der Waals surface area contributed by atoms with Crippen LogP contribution in [0.2, 0.25) is 0 Å². The smallest absolute Gasteiger partial charge is 0.105 e. The lowest BCUT2D eigenvalue weighted by Crippen LogP contribution is -2.27. The van der Waals surface area contributed by atoms with E-state index in [-0.39, 0.29) is 0 Å². The highest BCUT2D eigenvalue weighted by atomic mass is 16.3. The molecule has 3 rings (SSSR count). The normalized spacial score (nSPS) is 12.7. The fourth-order valence-electron chi connectivity index (χ4n) is 2.40. The van der Waals surface area contributed by atoms with E-state index in [1.807, 2.05) is 24.4 Å². The van der Waals surface area contributed by atoms with E-state index in [9.17, 15) is 0 Å². The Morgan fingerprint density at radius 1 is 1.15 bits per heavy atom. The highest BCUT2D eigenvalue weighted by Crippen LogP contribution is 2.16. The fraction of sp³-hybridized carbons (Fsp3) is 0.235. The number of furan rings is 1. The van der Waals surface area contributed by atoms with Crippen LogP contribution in [0.15, 0.2) is 59.3 Å². The molecule has 1 N–H and O–H groups in total. The van der Waals surface area contributed by atoms with Crippen molar-refractivity contribution < 1.29 is 4.42 Å². The van der Waals surface area contributed by atoms with Gasteiger partial charge in [0, 0.05) is 30.6 Å². The van der Waals surface area contributed by atoms with Crippen LogP contribution in [0.4, 0.5) is 0 Å². The number of nitrogens with one attached hydrogen (secondary N) is 1. The van der Waals surface area contributed by atoms with E-state index >= 15 is 0 Å². The Hall–Kier alpha value is -2.13. The molecule has 0 aliphatic carbocycles. The second kappa shape index (κ2) is 5.88. The first-order valence-corrected chi connectivity index (χ1v) is 6.91. The van der Waals surface area contributed by atoms with Crippen molar-refractivity contribution >= 4 is 10.9 Å². The summed E-state index contributed by atoms with van der Waals surface area (Å²) in [6, 6.07) is 14.7. The summed E-state index contributed by atoms with van der Waals surface area (Å²) < 4.78 is 5.37. The molecule has 0 spiro atoms. The maximum atomic E-state index is 5.37. The molecule has 0 aliphatic rings. The summed E-state index contributed by atoms with van der Waals surface area (Å²) >= 11 is 0. The molecule has 0 amide bonds. The monoisotopic (exact) mass is 266 g/mol. The molecular weight excluding hydrogens is 248 g/mol. The maximum Gasteiger partial charge on any atom is 0.105 e. The number of benzene rings is 1. The van der Waals surface area contributed by atoms with Crippen molar-refractivity contribution in [2.75, 3.05) is 0 Å². The van der Waals surface area contributed by atoms with E-state index in [4.69, 9.17) is 4.42 Å². The van der Waals surface area contributed by atoms with Crippen LogP contribution in [0.25, 0.3) is 10.9 Å². The van der Waals surface area contributed by atoms with Gasteiger partial charge in [0.2, 0.25) is 0 Å². The zero-order valence-electron chi connectivity index (χ0n) is 11.5. The van der Waals surface area contributed by atoms with Gasteiger partial charge in [-0.1, -0.05) is 24.3 Å². The number of fused-ring (bicyclic) bond motifs is 1. The van der Waals surface area contributed by atoms with Crippen LogP contribution in [0, 0.1) is 0 Å². The molecule has 2 aromatic heterocycles. The summed E-state index contributed by atoms with van der Waals surface area (Å²) in [6.07, 6.45) is 4.46. The summed E-state index contributed by atoms with van der Waals surface area (Å²) in [5.41, 5.74) is 2.31. The van der Waals surface area contributed by atoms with Gasteiger partial charge >= 0.3 is 0 Å². The zero-order chi connectivity index (χ0) is 13.8. The van der Waals surface area contributed by atoms with E-state index in [2.05, 4.69) is 41.5 Å². The minimum Gasteiger partial charge on any atom is -0.469 e. The lowest BCUT2D eigenvalue weighted by molar-refractivity contribution is 0.457. The van der Waals surface area contributed by atoms with E-state index in [0.717, 1.165) is 24.2 Å². The van der Waals surface area contributed by atoms with Gasteiger partial charge in [-0.2, -0.15) is 0 Å². The third kappa shape index (κ3) is 2.89. The van der Waals surface area contributed by atoms with Crippen LogP contribution >= 0.6 is 0 Å². The van der Waals surface area contributed by atoms with Crippen LogP contribution in [0.5, 0.6) is 0 Å². The third-order valence-electron chi connectivity index (χ3n) is 3.44. The van der Waals surface area contributed by atoms with Crippen LogP contribution in [-0.2, 0) is 13.0 Å². The molecular formula is C17H18N2O. The van der Waals surface area contributed by atoms with E-state index in [1.54, 1.807) is 6.26 Å². The number of rotatable bonds is 5. The van der Waals surface area contributed by atoms with Gasteiger partial charge < -0.3 is 9.73 Å². The van der Waals surface area contributed by atoms with Crippen LogP contribution in [0.1, 0.15) is 18.2 Å². The first-order chi connectivity index (χ1) is 9.83. The minimum absolute atomic E-state index is 0.361. The maximum absolute atomic E-state index is 5.37. The van der Waals surface area contributed by atoms with E-state index < -0.39 is 0 Å². The average molecular weight is 266 g/mol. The molecule has 0 aliphatic heterocycles. The van der Waals surface area contributed by atoms with Gasteiger partial charge in [0.1, 0.15) is 5.76 Å². The molecule has 0 saturated carbocycles. The summed E-state index contributed by atoms with van der Waals surface area (Å²) in [7, 11) is 0. The molecule has 1 aromatic carbocycles. The molecule has 0 bridgehead atoms. The average Bonchev–Trinajstić information content (AvgIpc) is 2.98. The topological polar surface area (TPSA) is 38.1 Å². The molecule has 1 atom stereocenters. The predicted octanol–water partition coefficient (Wildman–Crippen LogP) is 3.55. The Morgan fingerprint density at radius 2 is 2.05 bits per heavy atom. The van der Waals surface area contributed by atoms with Crippen LogP contribution in [-0.4, -0.2) is 11.0 Å². The minimum atomic E-state index is 0.361. The van der Waals surface area contributed by atoms with E-state index in [1.165, 1.54) is 10.9 Å². The van der Waals surface area contributed by atoms with Crippen molar-refractivity contribution in [1.82, 2.24) is 10.3 Å². The molecule has 0 saturated heterocycles. The van der Waals surface area contributed by atoms with Crippen molar-refractivity contribution in [3.8, 4) is 0 Å². The van der Waals surface area contributed by atoms with Crippen molar-refractivity contribution in [3.63, 3.8) is 0 Å². The standard InChI is InChI=1S/C17H18N2O/c1-13(11-16-8-4-10-20-16)19-12-15-6-2-5-14-7-3-9-18-17(14)15/h2-10,13,19H,11-12H2,1H3/t13-/m1/s1. The van der Waals surface area contributed by atoms with Gasteiger partial charge in [-0.25, -0.2) is 0 Å². The predicted molar refractivity (Wildman–Crippen MR) is 80.5 cm³/mol. The van der Waals surface area contributed by atoms with Crippen molar-refractivity contribution in [2.45, 2.75) is 25.9 Å². The van der Waals surface area contributed by atoms with Gasteiger partial charge in [-0.05, 0) is 30.7 Å². The molecule has 0 radical (unpaired) electrons. The van der Waals surface area contributed by atoms with Gasteiger partial charge in [-0.15, -0.1) is 0 Å². The van der Waals surface area contributed by atoms with Crippen molar-refractivity contribution in [2.24, 2.45) is 0 Å². The Morgan fingerprint density at radius 3 is 2.90 bits per heavy atom. The van der Waals surface area contributed by atoms with Crippen LogP contribution < -0.4 is 5.32 Å². The van der Waals surface area contributed by atoms with E-state index in [0.29, 0.717) is 6.04 Å². The first-order valence-electron chi connectivity index (χ1n) is 6.91. The Balaban J connectivity index is 1.67. The largest absolute Gasteiger partial charge is 0.469 e. The van der Waals surface area contributed by atoms with Gasteiger partial charge in [0.25, 0.3) is 0 Å². The molecule has 2 heterocycles. The fourth-order valence-corrected chi connectivity index (χ4v) is 2.40. The molecule has 102 valence electrons. The Bertz CT molecular complexity index is 671. The third-order valence-corrected chi connectivity index (χ3v) is 3.44. The lowest BCUT2D eigenvalue weighted by atomic mass is 10.1. The number of hydrogen-bond acceptors (Lipinski definition) is 3. The second-order valence-electron chi connectivity index (χ2n) is 5.06. The van der Waals surface area contributed by atoms with Crippen LogP contribution in [0.3, 0.4) is 0 Å². The number of nitrogens with zero attached hydrogens (tertiary/aromatic N) is 1. The zero-order valence-corrected chi connectivity index (χ0v) is 11.5. The Labute approximate surface area is 118 Å². The molecule has 3 nitrogen and oxygen atoms in total. The van der Waals surface area contributed by atoms with Gasteiger partial charge in [0.05, 0.1) is 11.8 Å². The van der Waals surface area contributed by atoms with Crippen molar-refractivity contribution in [1.29, 1.82) is 0 Å². The summed E-state index contributed by atoms with van der Waals surface area (Å²) in [5.74, 6) is 1.01. The molecule has 0 unspecified atom stereocenters. The van der Waals surface area contributed by atoms with Crippen molar-refractivity contribution in [3.05, 3.63) is 66.2 Å². The summed E-state index contributed by atoms with van der Waals surface area (Å²) in [5, 5.41) is 4.71. The highest BCUT2D eigenvalue weighted by molar-refractivity contribution is 5.81.